The molecule has 1 aromatic heterocycles. The summed E-state index contributed by atoms with van der Waals surface area (Å²) in [7, 11) is 2.06. The van der Waals surface area contributed by atoms with Crippen LogP contribution in [0.1, 0.15) is 17.3 Å². The quantitative estimate of drug-likeness (QED) is 0.854. The van der Waals surface area contributed by atoms with Gasteiger partial charge in [0, 0.05) is 38.8 Å². The lowest BCUT2D eigenvalue weighted by molar-refractivity contribution is -0.132. The van der Waals surface area contributed by atoms with Crippen LogP contribution in [-0.4, -0.2) is 65.0 Å². The van der Waals surface area contributed by atoms with Gasteiger partial charge >= 0.3 is 0 Å². The number of benzene rings is 1. The van der Waals surface area contributed by atoms with Gasteiger partial charge in [0.05, 0.1) is 6.42 Å². The van der Waals surface area contributed by atoms with Crippen LogP contribution in [0.4, 0.5) is 5.69 Å². The van der Waals surface area contributed by atoms with Gasteiger partial charge in [-0.05, 0) is 24.7 Å². The van der Waals surface area contributed by atoms with Crippen LogP contribution in [0.5, 0.6) is 0 Å². The summed E-state index contributed by atoms with van der Waals surface area (Å²) >= 11 is 0. The van der Waals surface area contributed by atoms with Crippen molar-refractivity contribution in [3.63, 3.8) is 0 Å². The highest BCUT2D eigenvalue weighted by Crippen LogP contribution is 2.12. The number of hydrogen-bond acceptors (Lipinski definition) is 6. The molecule has 1 aromatic carbocycles. The van der Waals surface area contributed by atoms with Crippen LogP contribution in [0.25, 0.3) is 0 Å². The van der Waals surface area contributed by atoms with Crippen molar-refractivity contribution in [3.05, 3.63) is 41.6 Å². The molecule has 0 bridgehead atoms. The highest BCUT2D eigenvalue weighted by Gasteiger charge is 2.19. The zero-order valence-electron chi connectivity index (χ0n) is 15.1. The number of rotatable bonds is 5. The van der Waals surface area contributed by atoms with Crippen molar-refractivity contribution < 1.29 is 14.0 Å². The zero-order valence-corrected chi connectivity index (χ0v) is 15.1. The number of likely N-dealkylation sites (N-methyl/N-ethyl adjacent to an activating group) is 1. The number of aryl methyl sites for hydroxylation is 1. The van der Waals surface area contributed by atoms with Gasteiger partial charge in [-0.1, -0.05) is 12.1 Å². The maximum atomic E-state index is 12.4. The maximum Gasteiger partial charge on any atom is 0.233 e. The van der Waals surface area contributed by atoms with E-state index in [-0.39, 0.29) is 24.1 Å². The van der Waals surface area contributed by atoms with Gasteiger partial charge in [-0.3, -0.25) is 9.59 Å². The molecule has 1 N–H and O–H groups in total. The summed E-state index contributed by atoms with van der Waals surface area (Å²) in [5.41, 5.74) is 1.60. The fourth-order valence-corrected chi connectivity index (χ4v) is 2.80. The van der Waals surface area contributed by atoms with Gasteiger partial charge < -0.3 is 19.5 Å². The zero-order chi connectivity index (χ0) is 18.5. The van der Waals surface area contributed by atoms with Crippen molar-refractivity contribution >= 4 is 17.5 Å². The van der Waals surface area contributed by atoms with Crippen molar-refractivity contribution in [2.75, 3.05) is 38.5 Å². The summed E-state index contributed by atoms with van der Waals surface area (Å²) in [5, 5.41) is 10.3. The van der Waals surface area contributed by atoms with Gasteiger partial charge in [0.2, 0.25) is 23.6 Å². The number of aromatic nitrogens is 2. The minimum Gasteiger partial charge on any atom is -0.425 e. The van der Waals surface area contributed by atoms with Crippen molar-refractivity contribution in [2.45, 2.75) is 19.8 Å². The summed E-state index contributed by atoms with van der Waals surface area (Å²) in [6.45, 7) is 5.06. The first-order valence-electron chi connectivity index (χ1n) is 8.64. The normalized spacial score (nSPS) is 15.1. The molecule has 2 amide bonds. The van der Waals surface area contributed by atoms with E-state index in [1.807, 2.05) is 17.0 Å². The Morgan fingerprint density at radius 2 is 1.77 bits per heavy atom. The predicted octanol–water partition coefficient (Wildman–Crippen LogP) is 0.876. The number of carbonyl (C=O) groups is 2. The number of amides is 2. The van der Waals surface area contributed by atoms with Gasteiger partial charge in [0.25, 0.3) is 0 Å². The van der Waals surface area contributed by atoms with E-state index in [1.165, 1.54) is 0 Å². The van der Waals surface area contributed by atoms with Crippen molar-refractivity contribution in [3.8, 4) is 0 Å². The van der Waals surface area contributed by atoms with Crippen molar-refractivity contribution in [1.29, 1.82) is 0 Å². The standard InChI is InChI=1S/C18H23N5O3/c1-13-20-21-17(26-13)12-16(24)19-15-5-3-14(4-6-15)11-18(25)23-9-7-22(2)8-10-23/h3-6H,7-12H2,1-2H3,(H,19,24). The van der Waals surface area contributed by atoms with E-state index >= 15 is 0 Å². The molecule has 8 nitrogen and oxygen atoms in total. The lowest BCUT2D eigenvalue weighted by Crippen LogP contribution is -2.47. The molecule has 1 saturated heterocycles. The first-order valence-corrected chi connectivity index (χ1v) is 8.64. The Balaban J connectivity index is 1.50. The minimum atomic E-state index is -0.227. The molecule has 3 rings (SSSR count). The molecule has 2 heterocycles. The summed E-state index contributed by atoms with van der Waals surface area (Å²) in [4.78, 5) is 28.5. The predicted molar refractivity (Wildman–Crippen MR) is 95.6 cm³/mol. The highest BCUT2D eigenvalue weighted by atomic mass is 16.4. The largest absolute Gasteiger partial charge is 0.425 e. The first kappa shape index (κ1) is 18.1. The second-order valence-electron chi connectivity index (χ2n) is 6.50. The molecule has 0 saturated carbocycles. The topological polar surface area (TPSA) is 91.6 Å². The van der Waals surface area contributed by atoms with Crippen LogP contribution in [0.2, 0.25) is 0 Å². The third-order valence-electron chi connectivity index (χ3n) is 4.33. The number of anilines is 1. The number of hydrogen-bond donors (Lipinski definition) is 1. The molecular formula is C18H23N5O3. The molecule has 1 aliphatic heterocycles. The second-order valence-corrected chi connectivity index (χ2v) is 6.50. The van der Waals surface area contributed by atoms with Gasteiger partial charge in [-0.25, -0.2) is 0 Å². The lowest BCUT2D eigenvalue weighted by atomic mass is 10.1. The SMILES string of the molecule is Cc1nnc(CC(=O)Nc2ccc(CC(=O)N3CCN(C)CC3)cc2)o1. The first-order chi connectivity index (χ1) is 12.5. The van der Waals surface area contributed by atoms with E-state index in [9.17, 15) is 9.59 Å². The van der Waals surface area contributed by atoms with Gasteiger partial charge in [-0.2, -0.15) is 0 Å². The average molecular weight is 357 g/mol. The van der Waals surface area contributed by atoms with E-state index in [0.717, 1.165) is 31.7 Å². The Kier molecular flexibility index (Phi) is 5.62. The molecule has 0 aliphatic carbocycles. The van der Waals surface area contributed by atoms with E-state index in [1.54, 1.807) is 19.1 Å². The van der Waals surface area contributed by atoms with E-state index in [4.69, 9.17) is 4.42 Å². The van der Waals surface area contributed by atoms with Gasteiger partial charge in [0.15, 0.2) is 0 Å². The molecule has 26 heavy (non-hydrogen) atoms. The number of carbonyl (C=O) groups excluding carboxylic acids is 2. The van der Waals surface area contributed by atoms with Crippen LogP contribution in [-0.2, 0) is 22.4 Å². The van der Waals surface area contributed by atoms with Crippen molar-refractivity contribution in [2.24, 2.45) is 0 Å². The summed E-state index contributed by atoms with van der Waals surface area (Å²) in [6, 6.07) is 7.31. The molecule has 0 unspecified atom stereocenters. The summed E-state index contributed by atoms with van der Waals surface area (Å²) < 4.78 is 5.19. The Labute approximate surface area is 152 Å². The third-order valence-corrected chi connectivity index (χ3v) is 4.33. The molecule has 1 aliphatic rings. The smallest absolute Gasteiger partial charge is 0.233 e. The lowest BCUT2D eigenvalue weighted by Gasteiger charge is -2.32. The van der Waals surface area contributed by atoms with Crippen LogP contribution >= 0.6 is 0 Å². The summed E-state index contributed by atoms with van der Waals surface area (Å²) in [6.07, 6.45) is 0.406. The van der Waals surface area contributed by atoms with Crippen LogP contribution < -0.4 is 5.32 Å². The Hall–Kier alpha value is -2.74. The fourth-order valence-electron chi connectivity index (χ4n) is 2.80. The number of nitrogens with zero attached hydrogens (tertiary/aromatic N) is 4. The molecule has 2 aromatic rings. The van der Waals surface area contributed by atoms with E-state index < -0.39 is 0 Å². The second kappa shape index (κ2) is 8.09. The molecule has 0 radical (unpaired) electrons. The molecule has 8 heteroatoms. The van der Waals surface area contributed by atoms with E-state index in [0.29, 0.717) is 18.0 Å². The molecular weight excluding hydrogens is 334 g/mol. The summed E-state index contributed by atoms with van der Waals surface area (Å²) in [5.74, 6) is 0.633. The number of piperazine rings is 1. The molecule has 0 spiro atoms. The molecule has 0 atom stereocenters. The number of nitrogens with one attached hydrogen (secondary N) is 1. The Bertz CT molecular complexity index is 763. The minimum absolute atomic E-state index is 0.0322. The Morgan fingerprint density at radius 1 is 1.08 bits per heavy atom. The maximum absolute atomic E-state index is 12.4. The molecule has 1 fully saturated rings. The van der Waals surface area contributed by atoms with Crippen molar-refractivity contribution in [1.82, 2.24) is 20.0 Å². The monoisotopic (exact) mass is 357 g/mol. The van der Waals surface area contributed by atoms with Crippen LogP contribution in [0, 0.1) is 6.92 Å². The van der Waals surface area contributed by atoms with Gasteiger partial charge in [0.1, 0.15) is 6.42 Å². The fraction of sp³-hybridized carbons (Fsp3) is 0.444. The molecule has 138 valence electrons. The highest BCUT2D eigenvalue weighted by molar-refractivity contribution is 5.91. The van der Waals surface area contributed by atoms with Crippen LogP contribution in [0.3, 0.4) is 0 Å². The third kappa shape index (κ3) is 4.89. The Morgan fingerprint density at radius 3 is 2.38 bits per heavy atom. The average Bonchev–Trinajstić information content (AvgIpc) is 3.02. The van der Waals surface area contributed by atoms with Gasteiger partial charge in [-0.15, -0.1) is 10.2 Å². The van der Waals surface area contributed by atoms with E-state index in [2.05, 4.69) is 27.5 Å². The van der Waals surface area contributed by atoms with Crippen LogP contribution in [0.15, 0.2) is 28.7 Å².